The number of hydrogen-bond acceptors (Lipinski definition) is 5. The Morgan fingerprint density at radius 1 is 1.00 bits per heavy atom. The first-order valence-electron chi connectivity index (χ1n) is 15.4. The van der Waals surface area contributed by atoms with E-state index in [1.807, 2.05) is 0 Å². The largest absolute Gasteiger partial charge is 0.462 e. The van der Waals surface area contributed by atoms with Crippen LogP contribution in [0.25, 0.3) is 0 Å². The van der Waals surface area contributed by atoms with Gasteiger partial charge in [-0.25, -0.2) is 0 Å². The number of carbonyl (C=O) groups excluding carboxylic acids is 3. The lowest BCUT2D eigenvalue weighted by Crippen LogP contribution is -2.54. The van der Waals surface area contributed by atoms with E-state index in [2.05, 4.69) is 44.7 Å². The zero-order valence-electron chi connectivity index (χ0n) is 25.1. The normalized spacial score (nSPS) is 42.2. The van der Waals surface area contributed by atoms with Crippen molar-refractivity contribution in [2.45, 2.75) is 118 Å². The lowest BCUT2D eigenvalue weighted by Gasteiger charge is -2.54. The number of allylic oxidation sites excluding steroid dienone is 2. The Hall–Kier alpha value is -2.11. The van der Waals surface area contributed by atoms with Crippen LogP contribution in [0.3, 0.4) is 0 Å². The summed E-state index contributed by atoms with van der Waals surface area (Å²) >= 11 is 0. The molecule has 0 spiro atoms. The summed E-state index contributed by atoms with van der Waals surface area (Å²) in [6.45, 7) is 14.9. The molecule has 2 saturated carbocycles. The molecule has 3 fully saturated rings. The third-order valence-electron chi connectivity index (χ3n) is 11.8. The van der Waals surface area contributed by atoms with Crippen LogP contribution in [-0.2, 0) is 23.9 Å². The van der Waals surface area contributed by atoms with Gasteiger partial charge >= 0.3 is 11.9 Å². The molecule has 0 unspecified atom stereocenters. The Balaban J connectivity index is 1.46. The van der Waals surface area contributed by atoms with Gasteiger partial charge < -0.3 is 14.4 Å². The summed E-state index contributed by atoms with van der Waals surface area (Å²) in [6, 6.07) is 0.158. The molecule has 216 valence electrons. The van der Waals surface area contributed by atoms with Crippen LogP contribution in [0.5, 0.6) is 0 Å². The number of nitrogens with zero attached hydrogens (tertiary/aromatic N) is 1. The predicted octanol–water partition coefficient (Wildman–Crippen LogP) is 6.24. The maximum Gasteiger partial charge on any atom is 0.302 e. The van der Waals surface area contributed by atoms with E-state index in [0.717, 1.165) is 57.9 Å². The Bertz CT molecular complexity index is 1080. The summed E-state index contributed by atoms with van der Waals surface area (Å²) in [5, 5.41) is 0. The van der Waals surface area contributed by atoms with Gasteiger partial charge in [-0.2, -0.15) is 0 Å². The van der Waals surface area contributed by atoms with Crippen molar-refractivity contribution in [3.63, 3.8) is 0 Å². The van der Waals surface area contributed by atoms with Crippen molar-refractivity contribution in [1.29, 1.82) is 0 Å². The van der Waals surface area contributed by atoms with Crippen molar-refractivity contribution in [3.05, 3.63) is 23.3 Å². The second kappa shape index (κ2) is 10.4. The van der Waals surface area contributed by atoms with Crippen LogP contribution in [0.4, 0.5) is 0 Å². The molecular weight excluding hydrogens is 490 g/mol. The lowest BCUT2D eigenvalue weighted by atomic mass is 9.51. The Kier molecular flexibility index (Phi) is 7.56. The van der Waals surface area contributed by atoms with E-state index < -0.39 is 0 Å². The first-order valence-corrected chi connectivity index (χ1v) is 15.4. The summed E-state index contributed by atoms with van der Waals surface area (Å²) in [6.07, 6.45) is 12.7. The molecule has 5 aliphatic rings. The Labute approximate surface area is 234 Å². The molecular formula is C33H49NO5. The SMILES string of the molecule is CC(=O)O[C@H]1CC[C@@]2(C)C(=CC[C@H]3[C@@H]4C[C@H](OC(C)=O)[C@@](C)([C@H](C)[C@@H]5CC[C@H](C)CN5C(C)=O)C4=CC[C@@H]32)C1. The first kappa shape index (κ1) is 28.4. The van der Waals surface area contributed by atoms with Crippen LogP contribution in [0.1, 0.15) is 99.8 Å². The molecule has 39 heavy (non-hydrogen) atoms. The number of fused-ring (bicyclic) bond motifs is 5. The summed E-state index contributed by atoms with van der Waals surface area (Å²) in [5.74, 6) is 1.91. The monoisotopic (exact) mass is 539 g/mol. The molecule has 5 rings (SSSR count). The molecule has 10 atom stereocenters. The lowest BCUT2D eigenvalue weighted by molar-refractivity contribution is -0.155. The molecule has 0 radical (unpaired) electrons. The maximum atomic E-state index is 12.8. The highest BCUT2D eigenvalue weighted by molar-refractivity contribution is 5.74. The Morgan fingerprint density at radius 2 is 1.72 bits per heavy atom. The van der Waals surface area contributed by atoms with Crippen LogP contribution in [-0.4, -0.2) is 47.5 Å². The van der Waals surface area contributed by atoms with Crippen molar-refractivity contribution >= 4 is 17.8 Å². The fourth-order valence-electron chi connectivity index (χ4n) is 9.67. The quantitative estimate of drug-likeness (QED) is 0.312. The molecule has 1 aliphatic heterocycles. The Morgan fingerprint density at radius 3 is 2.38 bits per heavy atom. The number of amides is 1. The highest BCUT2D eigenvalue weighted by Crippen LogP contribution is 2.65. The van der Waals surface area contributed by atoms with Crippen LogP contribution >= 0.6 is 0 Å². The van der Waals surface area contributed by atoms with Crippen molar-refractivity contribution in [3.8, 4) is 0 Å². The minimum Gasteiger partial charge on any atom is -0.462 e. The molecule has 6 heteroatoms. The van der Waals surface area contributed by atoms with Gasteiger partial charge in [-0.3, -0.25) is 14.4 Å². The zero-order valence-corrected chi connectivity index (χ0v) is 25.1. The molecule has 0 aromatic rings. The summed E-state index contributed by atoms with van der Waals surface area (Å²) in [4.78, 5) is 38.8. The van der Waals surface area contributed by atoms with Crippen LogP contribution < -0.4 is 0 Å². The zero-order chi connectivity index (χ0) is 28.3. The topological polar surface area (TPSA) is 72.9 Å². The van der Waals surface area contributed by atoms with E-state index in [9.17, 15) is 14.4 Å². The molecule has 0 aromatic heterocycles. The molecule has 0 N–H and O–H groups in total. The highest BCUT2D eigenvalue weighted by Gasteiger charge is 2.61. The van der Waals surface area contributed by atoms with Crippen molar-refractivity contribution in [2.75, 3.05) is 6.54 Å². The molecule has 1 amide bonds. The smallest absolute Gasteiger partial charge is 0.302 e. The van der Waals surface area contributed by atoms with Crippen LogP contribution in [0.2, 0.25) is 0 Å². The maximum absolute atomic E-state index is 12.8. The molecule has 4 aliphatic carbocycles. The second-order valence-corrected chi connectivity index (χ2v) is 14.0. The van der Waals surface area contributed by atoms with E-state index >= 15 is 0 Å². The number of hydrogen-bond donors (Lipinski definition) is 0. The summed E-state index contributed by atoms with van der Waals surface area (Å²) in [7, 11) is 0. The van der Waals surface area contributed by atoms with Gasteiger partial charge in [-0.05, 0) is 80.0 Å². The van der Waals surface area contributed by atoms with Gasteiger partial charge in [-0.1, -0.05) is 51.0 Å². The molecule has 0 bridgehead atoms. The predicted molar refractivity (Wildman–Crippen MR) is 150 cm³/mol. The first-order chi connectivity index (χ1) is 18.4. The van der Waals surface area contributed by atoms with Crippen molar-refractivity contribution in [2.24, 2.45) is 40.4 Å². The fourth-order valence-corrected chi connectivity index (χ4v) is 9.67. The minimum absolute atomic E-state index is 0.000490. The van der Waals surface area contributed by atoms with Gasteiger partial charge in [0.05, 0.1) is 0 Å². The second-order valence-electron chi connectivity index (χ2n) is 14.0. The molecule has 0 aromatic carbocycles. The third-order valence-corrected chi connectivity index (χ3v) is 11.8. The van der Waals surface area contributed by atoms with Crippen LogP contribution in [0, 0.1) is 40.4 Å². The van der Waals surface area contributed by atoms with E-state index in [0.29, 0.717) is 23.7 Å². The van der Waals surface area contributed by atoms with Gasteiger partial charge in [0.2, 0.25) is 5.91 Å². The number of ether oxygens (including phenoxy) is 2. The average molecular weight is 540 g/mol. The van der Waals surface area contributed by atoms with E-state index in [-0.39, 0.29) is 52.8 Å². The van der Waals surface area contributed by atoms with E-state index in [4.69, 9.17) is 9.47 Å². The fraction of sp³-hybridized carbons (Fsp3) is 0.788. The highest BCUT2D eigenvalue weighted by atomic mass is 16.5. The summed E-state index contributed by atoms with van der Waals surface area (Å²) in [5.41, 5.74) is 2.77. The number of esters is 2. The number of rotatable bonds is 4. The molecule has 1 saturated heterocycles. The van der Waals surface area contributed by atoms with Crippen molar-refractivity contribution < 1.29 is 23.9 Å². The average Bonchev–Trinajstić information content (AvgIpc) is 3.15. The van der Waals surface area contributed by atoms with Crippen molar-refractivity contribution in [1.82, 2.24) is 4.90 Å². The third kappa shape index (κ3) is 4.78. The van der Waals surface area contributed by atoms with E-state index in [1.54, 1.807) is 6.92 Å². The molecule has 1 heterocycles. The number of piperidine rings is 1. The van der Waals surface area contributed by atoms with Gasteiger partial charge in [0, 0.05) is 45.2 Å². The van der Waals surface area contributed by atoms with Crippen LogP contribution in [0.15, 0.2) is 23.3 Å². The standard InChI is InChI=1S/C33H49NO5/c1-19-8-13-30(34(18-19)21(3)35)20(2)33(7)29-12-11-28-26(27(29)17-31(33)39-23(5)37)10-9-24-16-25(38-22(4)36)14-15-32(24,28)6/h9,12,19-20,25-28,30-31H,8,10-11,13-18H2,1-7H3/t19-,20+,25-,26-,27-,28-,30-,31-,32-,33-/m0/s1. The van der Waals surface area contributed by atoms with Gasteiger partial charge in [-0.15, -0.1) is 0 Å². The summed E-state index contributed by atoms with van der Waals surface area (Å²) < 4.78 is 11.8. The van der Waals surface area contributed by atoms with Gasteiger partial charge in [0.15, 0.2) is 0 Å². The molecule has 6 nitrogen and oxygen atoms in total. The number of carbonyl (C=O) groups is 3. The van der Waals surface area contributed by atoms with Gasteiger partial charge in [0.25, 0.3) is 0 Å². The van der Waals surface area contributed by atoms with Gasteiger partial charge in [0.1, 0.15) is 12.2 Å². The minimum atomic E-state index is -0.294. The number of likely N-dealkylation sites (tertiary alicyclic amines) is 1. The van der Waals surface area contributed by atoms with E-state index in [1.165, 1.54) is 25.0 Å².